The molecule has 0 spiro atoms. The van der Waals surface area contributed by atoms with E-state index in [1.54, 1.807) is 0 Å². The van der Waals surface area contributed by atoms with Crippen LogP contribution in [0.15, 0.2) is 53.0 Å². The molecule has 1 atom stereocenters. The lowest BCUT2D eigenvalue weighted by atomic mass is 10.1. The fourth-order valence-corrected chi connectivity index (χ4v) is 3.76. The highest BCUT2D eigenvalue weighted by atomic mass is 79.9. The monoisotopic (exact) mass is 443 g/mol. The molecule has 3 rings (SSSR count). The second-order valence-corrected chi connectivity index (χ2v) is 7.97. The van der Waals surface area contributed by atoms with Gasteiger partial charge in [-0.05, 0) is 49.2 Å². The number of nitrogens with one attached hydrogen (secondary N) is 1. The standard InChI is InChI=1S/C22H26BrN3O2/c1-3-17-7-9-18(10-8-17)22(28)26-13-11-25(12-14-26)16(2)21(27)24-20-6-4-5-19(23)15-20/h4-10,15-16H,3,11-14H2,1-2H3,(H,24,27). The fourth-order valence-electron chi connectivity index (χ4n) is 3.36. The summed E-state index contributed by atoms with van der Waals surface area (Å²) in [6.45, 7) is 6.64. The molecule has 1 N–H and O–H groups in total. The second kappa shape index (κ2) is 9.34. The molecule has 6 heteroatoms. The van der Waals surface area contributed by atoms with Crippen LogP contribution in [0, 0.1) is 0 Å². The Morgan fingerprint density at radius 3 is 2.36 bits per heavy atom. The highest BCUT2D eigenvalue weighted by Crippen LogP contribution is 2.17. The molecule has 5 nitrogen and oxygen atoms in total. The largest absolute Gasteiger partial charge is 0.336 e. The Morgan fingerprint density at radius 2 is 1.75 bits per heavy atom. The number of anilines is 1. The van der Waals surface area contributed by atoms with E-state index in [1.807, 2.05) is 60.4 Å². The molecule has 1 aliphatic rings. The lowest BCUT2D eigenvalue weighted by Gasteiger charge is -2.37. The van der Waals surface area contributed by atoms with Gasteiger partial charge < -0.3 is 10.2 Å². The molecule has 0 aliphatic carbocycles. The molecule has 2 aromatic rings. The first-order valence-corrected chi connectivity index (χ1v) is 10.5. The Kier molecular flexibility index (Phi) is 6.86. The zero-order valence-electron chi connectivity index (χ0n) is 16.3. The molecule has 1 heterocycles. The molecule has 1 aliphatic heterocycles. The van der Waals surface area contributed by atoms with Crippen molar-refractivity contribution >= 4 is 33.4 Å². The van der Waals surface area contributed by atoms with Crippen LogP contribution in [0.2, 0.25) is 0 Å². The van der Waals surface area contributed by atoms with Gasteiger partial charge in [-0.15, -0.1) is 0 Å². The minimum absolute atomic E-state index is 0.0342. The summed E-state index contributed by atoms with van der Waals surface area (Å²) in [6.07, 6.45) is 0.965. The van der Waals surface area contributed by atoms with Crippen molar-refractivity contribution in [1.82, 2.24) is 9.80 Å². The van der Waals surface area contributed by atoms with E-state index >= 15 is 0 Å². The van der Waals surface area contributed by atoms with Crippen LogP contribution in [0.25, 0.3) is 0 Å². The van der Waals surface area contributed by atoms with Gasteiger partial charge in [-0.2, -0.15) is 0 Å². The van der Waals surface area contributed by atoms with Crippen molar-refractivity contribution in [2.75, 3.05) is 31.5 Å². The third-order valence-electron chi connectivity index (χ3n) is 5.23. The quantitative estimate of drug-likeness (QED) is 0.764. The van der Waals surface area contributed by atoms with Crippen molar-refractivity contribution in [3.8, 4) is 0 Å². The topological polar surface area (TPSA) is 52.7 Å². The predicted molar refractivity (Wildman–Crippen MR) is 116 cm³/mol. The zero-order valence-corrected chi connectivity index (χ0v) is 17.9. The molecule has 1 fully saturated rings. The maximum absolute atomic E-state index is 12.7. The van der Waals surface area contributed by atoms with E-state index in [9.17, 15) is 9.59 Å². The maximum Gasteiger partial charge on any atom is 0.253 e. The average molecular weight is 444 g/mol. The van der Waals surface area contributed by atoms with E-state index in [0.29, 0.717) is 26.2 Å². The van der Waals surface area contributed by atoms with Gasteiger partial charge in [-0.3, -0.25) is 14.5 Å². The Labute approximate surface area is 174 Å². The fraction of sp³-hybridized carbons (Fsp3) is 0.364. The molecular weight excluding hydrogens is 418 g/mol. The van der Waals surface area contributed by atoms with Gasteiger partial charge in [-0.1, -0.05) is 41.1 Å². The normalized spacial score (nSPS) is 15.9. The van der Waals surface area contributed by atoms with Crippen LogP contribution in [-0.4, -0.2) is 53.8 Å². The number of rotatable bonds is 5. The molecule has 0 bridgehead atoms. The Morgan fingerprint density at radius 1 is 1.07 bits per heavy atom. The second-order valence-electron chi connectivity index (χ2n) is 7.05. The van der Waals surface area contributed by atoms with E-state index in [1.165, 1.54) is 5.56 Å². The summed E-state index contributed by atoms with van der Waals surface area (Å²) in [7, 11) is 0. The van der Waals surface area contributed by atoms with E-state index < -0.39 is 0 Å². The number of hydrogen-bond acceptors (Lipinski definition) is 3. The highest BCUT2D eigenvalue weighted by Gasteiger charge is 2.28. The van der Waals surface area contributed by atoms with Crippen molar-refractivity contribution in [2.24, 2.45) is 0 Å². The lowest BCUT2D eigenvalue weighted by molar-refractivity contribution is -0.121. The summed E-state index contributed by atoms with van der Waals surface area (Å²) in [6, 6.07) is 15.1. The lowest BCUT2D eigenvalue weighted by Crippen LogP contribution is -2.54. The summed E-state index contributed by atoms with van der Waals surface area (Å²) in [5.74, 6) is 0.0292. The summed E-state index contributed by atoms with van der Waals surface area (Å²) in [4.78, 5) is 29.3. The van der Waals surface area contributed by atoms with Crippen molar-refractivity contribution in [3.05, 3.63) is 64.1 Å². The maximum atomic E-state index is 12.7. The molecular formula is C22H26BrN3O2. The average Bonchev–Trinajstić information content (AvgIpc) is 2.73. The summed E-state index contributed by atoms with van der Waals surface area (Å²) in [5.41, 5.74) is 2.73. The van der Waals surface area contributed by atoms with Crippen molar-refractivity contribution in [3.63, 3.8) is 0 Å². The third-order valence-corrected chi connectivity index (χ3v) is 5.72. The predicted octanol–water partition coefficient (Wildman–Crippen LogP) is 3.80. The number of piperazine rings is 1. The van der Waals surface area contributed by atoms with E-state index in [4.69, 9.17) is 0 Å². The van der Waals surface area contributed by atoms with Gasteiger partial charge in [-0.25, -0.2) is 0 Å². The number of amides is 2. The van der Waals surface area contributed by atoms with Gasteiger partial charge in [0.2, 0.25) is 5.91 Å². The highest BCUT2D eigenvalue weighted by molar-refractivity contribution is 9.10. The first-order valence-electron chi connectivity index (χ1n) is 9.66. The summed E-state index contributed by atoms with van der Waals surface area (Å²) in [5, 5.41) is 2.96. The number of carbonyl (C=O) groups excluding carboxylic acids is 2. The smallest absolute Gasteiger partial charge is 0.253 e. The van der Waals surface area contributed by atoms with Gasteiger partial charge in [0, 0.05) is 41.9 Å². The molecule has 2 aromatic carbocycles. The minimum Gasteiger partial charge on any atom is -0.336 e. The van der Waals surface area contributed by atoms with E-state index in [-0.39, 0.29) is 17.9 Å². The number of hydrogen-bond donors (Lipinski definition) is 1. The molecule has 1 saturated heterocycles. The van der Waals surface area contributed by atoms with Crippen LogP contribution in [0.4, 0.5) is 5.69 Å². The molecule has 0 aromatic heterocycles. The number of aryl methyl sites for hydroxylation is 1. The number of nitrogens with zero attached hydrogens (tertiary/aromatic N) is 2. The van der Waals surface area contributed by atoms with Crippen LogP contribution in [0.3, 0.4) is 0 Å². The molecule has 0 saturated carbocycles. The van der Waals surface area contributed by atoms with Gasteiger partial charge in [0.1, 0.15) is 0 Å². The van der Waals surface area contributed by atoms with Crippen LogP contribution in [0.5, 0.6) is 0 Å². The molecule has 1 unspecified atom stereocenters. The van der Waals surface area contributed by atoms with E-state index in [2.05, 4.69) is 33.1 Å². The van der Waals surface area contributed by atoms with Crippen LogP contribution >= 0.6 is 15.9 Å². The number of halogens is 1. The molecule has 148 valence electrons. The van der Waals surface area contributed by atoms with E-state index in [0.717, 1.165) is 22.1 Å². The number of carbonyl (C=O) groups is 2. The number of benzene rings is 2. The molecule has 28 heavy (non-hydrogen) atoms. The first kappa shape index (κ1) is 20.6. The van der Waals surface area contributed by atoms with Crippen molar-refractivity contribution in [2.45, 2.75) is 26.3 Å². The Balaban J connectivity index is 1.53. The Hall–Kier alpha value is -2.18. The first-order chi connectivity index (χ1) is 13.5. The summed E-state index contributed by atoms with van der Waals surface area (Å²) >= 11 is 3.41. The Bertz CT molecular complexity index is 830. The summed E-state index contributed by atoms with van der Waals surface area (Å²) < 4.78 is 0.928. The third kappa shape index (κ3) is 5.00. The molecule has 0 radical (unpaired) electrons. The molecule has 2 amide bonds. The minimum atomic E-state index is -0.250. The van der Waals surface area contributed by atoms with Crippen LogP contribution < -0.4 is 5.32 Å². The van der Waals surface area contributed by atoms with Gasteiger partial charge >= 0.3 is 0 Å². The SMILES string of the molecule is CCc1ccc(C(=O)N2CCN(C(C)C(=O)Nc3cccc(Br)c3)CC2)cc1. The van der Waals surface area contributed by atoms with Crippen LogP contribution in [-0.2, 0) is 11.2 Å². The van der Waals surface area contributed by atoms with Crippen molar-refractivity contribution in [1.29, 1.82) is 0 Å². The van der Waals surface area contributed by atoms with Gasteiger partial charge in [0.15, 0.2) is 0 Å². The van der Waals surface area contributed by atoms with Gasteiger partial charge in [0.05, 0.1) is 6.04 Å². The van der Waals surface area contributed by atoms with Crippen molar-refractivity contribution < 1.29 is 9.59 Å². The van der Waals surface area contributed by atoms with Crippen LogP contribution in [0.1, 0.15) is 29.8 Å². The van der Waals surface area contributed by atoms with Gasteiger partial charge in [0.25, 0.3) is 5.91 Å². The zero-order chi connectivity index (χ0) is 20.1.